The molecule has 2 aromatic rings. The fourth-order valence-electron chi connectivity index (χ4n) is 6.21. The van der Waals surface area contributed by atoms with Gasteiger partial charge in [-0.2, -0.15) is 0 Å². The molecular formula is C29H38N2O6Si. The quantitative estimate of drug-likeness (QED) is 0.355. The van der Waals surface area contributed by atoms with E-state index in [1.165, 1.54) is 0 Å². The maximum atomic E-state index is 14.1. The van der Waals surface area contributed by atoms with Crippen LogP contribution in [0.2, 0.25) is 18.6 Å². The van der Waals surface area contributed by atoms with E-state index >= 15 is 0 Å². The van der Waals surface area contributed by atoms with Crippen molar-refractivity contribution in [1.29, 1.82) is 0 Å². The number of hydrogen-bond acceptors (Lipinski definition) is 6. The molecule has 0 aliphatic carbocycles. The molecule has 2 heterocycles. The van der Waals surface area contributed by atoms with E-state index in [-0.39, 0.29) is 42.8 Å². The van der Waals surface area contributed by atoms with E-state index in [0.717, 1.165) is 11.3 Å². The first-order valence-electron chi connectivity index (χ1n) is 13.0. The van der Waals surface area contributed by atoms with Crippen molar-refractivity contribution < 1.29 is 29.0 Å². The van der Waals surface area contributed by atoms with Gasteiger partial charge in [0.25, 0.3) is 5.91 Å². The van der Waals surface area contributed by atoms with E-state index in [9.17, 15) is 19.5 Å². The fraction of sp³-hybridized carbons (Fsp3) is 0.448. The van der Waals surface area contributed by atoms with Crippen LogP contribution in [0.15, 0.2) is 61.2 Å². The molecule has 8 nitrogen and oxygen atoms in total. The molecule has 0 unspecified atom stereocenters. The second-order valence-corrected chi connectivity index (χ2v) is 14.7. The fourth-order valence-corrected chi connectivity index (χ4v) is 8.77. The van der Waals surface area contributed by atoms with Crippen molar-refractivity contribution in [3.63, 3.8) is 0 Å². The molecule has 0 aromatic heterocycles. The standard InChI is InChI=1S/C29H38N2O6Si/c1-6-14-31-24-13-12-22(36-3)17-23(24)29(28(31)34)20(2)27(38(4,5)35)25(37-29)18-26(33)30(15-16-32)19-21-10-8-7-9-11-21/h6-13,17,20,25,27,32,35H,1,14-16,18-19H2,2-5H3/t20-,25+,27-,29+/m1/s1. The molecule has 2 N–H and O–H groups in total. The summed E-state index contributed by atoms with van der Waals surface area (Å²) < 4.78 is 12.2. The third kappa shape index (κ3) is 4.91. The Morgan fingerprint density at radius 2 is 1.97 bits per heavy atom. The highest BCUT2D eigenvalue weighted by Crippen LogP contribution is 2.60. The van der Waals surface area contributed by atoms with Crippen LogP contribution in [0.3, 0.4) is 0 Å². The Bertz CT molecular complexity index is 1180. The van der Waals surface area contributed by atoms with Gasteiger partial charge in [0.1, 0.15) is 5.75 Å². The Kier molecular flexibility index (Phi) is 8.13. The summed E-state index contributed by atoms with van der Waals surface area (Å²) in [6.07, 6.45) is 0.992. The number of aliphatic hydroxyl groups excluding tert-OH is 1. The predicted molar refractivity (Wildman–Crippen MR) is 148 cm³/mol. The van der Waals surface area contributed by atoms with Crippen LogP contribution in [-0.4, -0.2) is 67.8 Å². The number of nitrogens with zero attached hydrogens (tertiary/aromatic N) is 2. The molecule has 2 aromatic carbocycles. The number of carbonyl (C=O) groups is 2. The Hall–Kier alpha value is -2.98. The molecule has 9 heteroatoms. The van der Waals surface area contributed by atoms with Gasteiger partial charge in [-0.05, 0) is 36.9 Å². The number of ether oxygens (including phenoxy) is 2. The Labute approximate surface area is 225 Å². The highest BCUT2D eigenvalue weighted by Gasteiger charge is 2.66. The first kappa shape index (κ1) is 28.0. The number of hydrogen-bond donors (Lipinski definition) is 2. The lowest BCUT2D eigenvalue weighted by Gasteiger charge is -2.32. The van der Waals surface area contributed by atoms with Crippen LogP contribution in [-0.2, 0) is 26.5 Å². The van der Waals surface area contributed by atoms with Gasteiger partial charge in [0.05, 0.1) is 31.9 Å². The summed E-state index contributed by atoms with van der Waals surface area (Å²) in [6, 6.07) is 15.1. The highest BCUT2D eigenvalue weighted by molar-refractivity contribution is 6.71. The van der Waals surface area contributed by atoms with Crippen LogP contribution in [0.25, 0.3) is 0 Å². The molecule has 0 bridgehead atoms. The minimum absolute atomic E-state index is 0.00534. The van der Waals surface area contributed by atoms with Crippen molar-refractivity contribution in [2.75, 3.05) is 31.7 Å². The van der Waals surface area contributed by atoms with Gasteiger partial charge < -0.3 is 29.2 Å². The molecule has 4 rings (SSSR count). The van der Waals surface area contributed by atoms with Crippen molar-refractivity contribution in [3.05, 3.63) is 72.3 Å². The number of carbonyl (C=O) groups excluding carboxylic acids is 2. The van der Waals surface area contributed by atoms with E-state index in [2.05, 4.69) is 6.58 Å². The van der Waals surface area contributed by atoms with E-state index < -0.39 is 20.0 Å². The minimum Gasteiger partial charge on any atom is -0.497 e. The van der Waals surface area contributed by atoms with E-state index in [0.29, 0.717) is 24.4 Å². The first-order valence-corrected chi connectivity index (χ1v) is 16.0. The zero-order valence-corrected chi connectivity index (χ0v) is 23.6. The van der Waals surface area contributed by atoms with Gasteiger partial charge in [0.15, 0.2) is 13.9 Å². The van der Waals surface area contributed by atoms with Gasteiger partial charge in [0.2, 0.25) is 5.91 Å². The Morgan fingerprint density at radius 3 is 2.58 bits per heavy atom. The first-order chi connectivity index (χ1) is 18.1. The maximum absolute atomic E-state index is 14.1. The van der Waals surface area contributed by atoms with Gasteiger partial charge in [-0.15, -0.1) is 6.58 Å². The van der Waals surface area contributed by atoms with Crippen molar-refractivity contribution in [3.8, 4) is 5.75 Å². The Balaban J connectivity index is 1.72. The second-order valence-electron chi connectivity index (χ2n) is 10.7. The van der Waals surface area contributed by atoms with Crippen LogP contribution in [0, 0.1) is 5.92 Å². The lowest BCUT2D eigenvalue weighted by atomic mass is 9.82. The number of fused-ring (bicyclic) bond motifs is 2. The topological polar surface area (TPSA) is 99.5 Å². The molecule has 1 saturated heterocycles. The van der Waals surface area contributed by atoms with Crippen LogP contribution in [0.4, 0.5) is 5.69 Å². The number of anilines is 1. The average Bonchev–Trinajstić information content (AvgIpc) is 3.31. The summed E-state index contributed by atoms with van der Waals surface area (Å²) in [5.41, 5.74) is 0.622. The number of aliphatic hydroxyl groups is 1. The monoisotopic (exact) mass is 538 g/mol. The minimum atomic E-state index is -2.92. The summed E-state index contributed by atoms with van der Waals surface area (Å²) in [5.74, 6) is -0.205. The predicted octanol–water partition coefficient (Wildman–Crippen LogP) is 3.44. The summed E-state index contributed by atoms with van der Waals surface area (Å²) in [7, 11) is -1.35. The van der Waals surface area contributed by atoms with Crippen LogP contribution in [0.5, 0.6) is 5.75 Å². The molecule has 4 atom stereocenters. The molecule has 0 radical (unpaired) electrons. The molecule has 1 fully saturated rings. The summed E-state index contributed by atoms with van der Waals surface area (Å²) >= 11 is 0. The molecular weight excluding hydrogens is 500 g/mol. The lowest BCUT2D eigenvalue weighted by Crippen LogP contribution is -2.46. The summed E-state index contributed by atoms with van der Waals surface area (Å²) in [5, 5.41) is 9.66. The average molecular weight is 539 g/mol. The maximum Gasteiger partial charge on any atom is 0.264 e. The lowest BCUT2D eigenvalue weighted by molar-refractivity contribution is -0.149. The molecule has 38 heavy (non-hydrogen) atoms. The molecule has 0 saturated carbocycles. The Morgan fingerprint density at radius 1 is 1.26 bits per heavy atom. The third-order valence-electron chi connectivity index (χ3n) is 7.82. The van der Waals surface area contributed by atoms with Gasteiger partial charge in [-0.3, -0.25) is 9.59 Å². The van der Waals surface area contributed by atoms with Crippen molar-refractivity contribution in [1.82, 2.24) is 4.90 Å². The zero-order chi connectivity index (χ0) is 27.7. The largest absolute Gasteiger partial charge is 0.497 e. The van der Waals surface area contributed by atoms with E-state index in [4.69, 9.17) is 9.47 Å². The van der Waals surface area contributed by atoms with Gasteiger partial charge in [0, 0.05) is 36.7 Å². The number of rotatable bonds is 10. The molecule has 2 aliphatic rings. The highest BCUT2D eigenvalue weighted by atomic mass is 28.4. The van der Waals surface area contributed by atoms with E-state index in [1.54, 1.807) is 29.1 Å². The molecule has 2 aliphatic heterocycles. The normalized spacial score (nSPS) is 24.5. The van der Waals surface area contributed by atoms with Crippen LogP contribution < -0.4 is 9.64 Å². The third-order valence-corrected chi connectivity index (χ3v) is 10.3. The molecule has 1 spiro atoms. The molecule has 204 valence electrons. The van der Waals surface area contributed by atoms with Gasteiger partial charge in [-0.25, -0.2) is 0 Å². The number of methoxy groups -OCH3 is 1. The number of amides is 2. The van der Waals surface area contributed by atoms with Crippen LogP contribution >= 0.6 is 0 Å². The smallest absolute Gasteiger partial charge is 0.264 e. The zero-order valence-electron chi connectivity index (χ0n) is 22.6. The number of benzene rings is 2. The van der Waals surface area contributed by atoms with Gasteiger partial charge in [-0.1, -0.05) is 43.3 Å². The summed E-state index contributed by atoms with van der Waals surface area (Å²) in [6.45, 7) is 10.1. The summed E-state index contributed by atoms with van der Waals surface area (Å²) in [4.78, 5) is 42.4. The van der Waals surface area contributed by atoms with Crippen molar-refractivity contribution in [2.24, 2.45) is 5.92 Å². The van der Waals surface area contributed by atoms with Crippen molar-refractivity contribution >= 4 is 25.8 Å². The van der Waals surface area contributed by atoms with Crippen LogP contribution in [0.1, 0.15) is 24.5 Å². The van der Waals surface area contributed by atoms with Crippen molar-refractivity contribution in [2.45, 2.75) is 50.2 Å². The second kappa shape index (κ2) is 11.0. The van der Waals surface area contributed by atoms with Gasteiger partial charge >= 0.3 is 0 Å². The SMILES string of the molecule is C=CCN1C(=O)[C@@]2(O[C@@H](CC(=O)N(CCO)Cc3ccccc3)[C@H]([Si](C)(C)O)[C@H]2C)c2cc(OC)ccc21. The molecule has 2 amide bonds. The van der Waals surface area contributed by atoms with E-state index in [1.807, 2.05) is 62.5 Å².